The van der Waals surface area contributed by atoms with E-state index in [1.165, 1.54) is 0 Å². The largest absolute Gasteiger partial charge is 0.491 e. The second kappa shape index (κ2) is 7.78. The number of carbonyl (C=O) groups excluding carboxylic acids is 1. The molecule has 0 aliphatic carbocycles. The summed E-state index contributed by atoms with van der Waals surface area (Å²) in [5.41, 5.74) is 4.19. The molecule has 30 heavy (non-hydrogen) atoms. The average molecular weight is 406 g/mol. The molecule has 0 radical (unpaired) electrons. The first-order valence-electron chi connectivity index (χ1n) is 10.7. The number of hydrogen-bond donors (Lipinski definition) is 0. The minimum absolute atomic E-state index is 0.101. The Hall–Kier alpha value is -2.82. The molecule has 2 heterocycles. The van der Waals surface area contributed by atoms with E-state index in [0.717, 1.165) is 33.7 Å². The van der Waals surface area contributed by atoms with Crippen molar-refractivity contribution in [3.8, 4) is 5.75 Å². The van der Waals surface area contributed by atoms with E-state index in [9.17, 15) is 4.79 Å². The third-order valence-corrected chi connectivity index (χ3v) is 5.95. The highest BCUT2D eigenvalue weighted by Gasteiger charge is 2.38. The van der Waals surface area contributed by atoms with Crippen molar-refractivity contribution in [1.82, 2.24) is 14.5 Å². The Labute approximate surface area is 178 Å². The SMILES string of the molecule is Cc1cccc(C)c1OCCn1c([C@H]2CC(=O)N(C(C)(C)C)C2)nc2ccccc21. The van der Waals surface area contributed by atoms with E-state index < -0.39 is 0 Å². The van der Waals surface area contributed by atoms with Crippen LogP contribution in [0, 0.1) is 13.8 Å². The van der Waals surface area contributed by atoms with E-state index in [1.54, 1.807) is 0 Å². The van der Waals surface area contributed by atoms with Gasteiger partial charge in [-0.1, -0.05) is 30.3 Å². The van der Waals surface area contributed by atoms with Gasteiger partial charge in [-0.25, -0.2) is 4.98 Å². The van der Waals surface area contributed by atoms with Gasteiger partial charge in [0.05, 0.1) is 17.6 Å². The summed E-state index contributed by atoms with van der Waals surface area (Å²) in [4.78, 5) is 19.6. The Morgan fingerprint density at radius 3 is 2.43 bits per heavy atom. The maximum Gasteiger partial charge on any atom is 0.223 e. The smallest absolute Gasteiger partial charge is 0.223 e. The van der Waals surface area contributed by atoms with Gasteiger partial charge in [0.2, 0.25) is 5.91 Å². The summed E-state index contributed by atoms with van der Waals surface area (Å²) < 4.78 is 8.42. The molecule has 0 saturated carbocycles. The summed E-state index contributed by atoms with van der Waals surface area (Å²) in [7, 11) is 0. The molecule has 0 unspecified atom stereocenters. The zero-order valence-electron chi connectivity index (χ0n) is 18.6. The lowest BCUT2D eigenvalue weighted by Crippen LogP contribution is -2.42. The molecule has 4 rings (SSSR count). The molecule has 1 aliphatic heterocycles. The second-order valence-electron chi connectivity index (χ2n) is 9.26. The summed E-state index contributed by atoms with van der Waals surface area (Å²) in [6.45, 7) is 12.4. The lowest BCUT2D eigenvalue weighted by molar-refractivity contribution is -0.131. The van der Waals surface area contributed by atoms with Crippen molar-refractivity contribution >= 4 is 16.9 Å². The fourth-order valence-corrected chi connectivity index (χ4v) is 4.44. The number of carbonyl (C=O) groups is 1. The fraction of sp³-hybridized carbons (Fsp3) is 0.440. The standard InChI is InChI=1S/C25H31N3O2/c1-17-9-8-10-18(2)23(17)30-14-13-27-21-12-7-6-11-20(21)26-24(27)19-15-22(29)28(16-19)25(3,4)5/h6-12,19H,13-16H2,1-5H3/t19-/m0/s1. The maximum absolute atomic E-state index is 12.7. The van der Waals surface area contributed by atoms with E-state index >= 15 is 0 Å². The molecule has 1 fully saturated rings. The topological polar surface area (TPSA) is 47.4 Å². The van der Waals surface area contributed by atoms with Crippen molar-refractivity contribution in [2.45, 2.75) is 59.0 Å². The van der Waals surface area contributed by atoms with Crippen molar-refractivity contribution in [3.63, 3.8) is 0 Å². The predicted molar refractivity (Wildman–Crippen MR) is 120 cm³/mol. The van der Waals surface area contributed by atoms with Crippen molar-refractivity contribution in [2.75, 3.05) is 13.2 Å². The van der Waals surface area contributed by atoms with Crippen LogP contribution in [0.5, 0.6) is 5.75 Å². The van der Waals surface area contributed by atoms with Crippen LogP contribution in [0.4, 0.5) is 0 Å². The van der Waals surface area contributed by atoms with Gasteiger partial charge in [-0.3, -0.25) is 4.79 Å². The number of imidazole rings is 1. The summed E-state index contributed by atoms with van der Waals surface area (Å²) in [6, 6.07) is 14.4. The van der Waals surface area contributed by atoms with Gasteiger partial charge in [0.15, 0.2) is 0 Å². The number of likely N-dealkylation sites (tertiary alicyclic amines) is 1. The monoisotopic (exact) mass is 405 g/mol. The molecule has 1 aromatic heterocycles. The number of ether oxygens (including phenoxy) is 1. The first-order valence-corrected chi connectivity index (χ1v) is 10.7. The van der Waals surface area contributed by atoms with Crippen molar-refractivity contribution < 1.29 is 9.53 Å². The molecule has 158 valence electrons. The van der Waals surface area contributed by atoms with E-state index in [4.69, 9.17) is 9.72 Å². The fourth-order valence-electron chi connectivity index (χ4n) is 4.44. The van der Waals surface area contributed by atoms with Gasteiger partial charge in [-0.2, -0.15) is 0 Å². The highest BCUT2D eigenvalue weighted by atomic mass is 16.5. The Kier molecular flexibility index (Phi) is 5.31. The number of fused-ring (bicyclic) bond motifs is 1. The molecular formula is C25H31N3O2. The molecule has 1 amide bonds. The Balaban J connectivity index is 1.61. The van der Waals surface area contributed by atoms with Crippen molar-refractivity contribution in [3.05, 3.63) is 59.4 Å². The van der Waals surface area contributed by atoms with Crippen LogP contribution < -0.4 is 4.74 Å². The first kappa shape index (κ1) is 20.5. The number of aromatic nitrogens is 2. The number of benzene rings is 2. The lowest BCUT2D eigenvalue weighted by atomic mass is 10.1. The van der Waals surface area contributed by atoms with Crippen LogP contribution in [0.1, 0.15) is 50.1 Å². The maximum atomic E-state index is 12.7. The third-order valence-electron chi connectivity index (χ3n) is 5.95. The van der Waals surface area contributed by atoms with Crippen LogP contribution in [0.15, 0.2) is 42.5 Å². The molecule has 2 aromatic carbocycles. The van der Waals surface area contributed by atoms with Gasteiger partial charge in [0.1, 0.15) is 18.2 Å². The van der Waals surface area contributed by atoms with Crippen LogP contribution in [-0.4, -0.2) is 39.0 Å². The van der Waals surface area contributed by atoms with Crippen LogP contribution in [0.2, 0.25) is 0 Å². The number of nitrogens with zero attached hydrogens (tertiary/aromatic N) is 3. The summed E-state index contributed by atoms with van der Waals surface area (Å²) in [5, 5.41) is 0. The third kappa shape index (κ3) is 3.81. The van der Waals surface area contributed by atoms with Gasteiger partial charge >= 0.3 is 0 Å². The lowest BCUT2D eigenvalue weighted by Gasteiger charge is -2.32. The molecule has 3 aromatic rings. The van der Waals surface area contributed by atoms with Crippen LogP contribution in [0.25, 0.3) is 11.0 Å². The molecule has 1 atom stereocenters. The summed E-state index contributed by atoms with van der Waals surface area (Å²) in [5.74, 6) is 2.25. The van der Waals surface area contributed by atoms with Gasteiger partial charge in [-0.15, -0.1) is 0 Å². The molecule has 0 bridgehead atoms. The Morgan fingerprint density at radius 1 is 1.07 bits per heavy atom. The van der Waals surface area contributed by atoms with Crippen LogP contribution in [0.3, 0.4) is 0 Å². The second-order valence-corrected chi connectivity index (χ2v) is 9.26. The van der Waals surface area contributed by atoms with E-state index in [-0.39, 0.29) is 17.4 Å². The molecular weight excluding hydrogens is 374 g/mol. The summed E-state index contributed by atoms with van der Waals surface area (Å²) >= 11 is 0. The molecule has 1 saturated heterocycles. The number of aryl methyl sites for hydroxylation is 2. The number of hydrogen-bond acceptors (Lipinski definition) is 3. The minimum atomic E-state index is -0.172. The zero-order valence-corrected chi connectivity index (χ0v) is 18.6. The highest BCUT2D eigenvalue weighted by Crippen LogP contribution is 2.34. The van der Waals surface area contributed by atoms with Gasteiger partial charge in [0, 0.05) is 24.4 Å². The molecule has 0 N–H and O–H groups in total. The molecule has 1 aliphatic rings. The van der Waals surface area contributed by atoms with Gasteiger partial charge < -0.3 is 14.2 Å². The highest BCUT2D eigenvalue weighted by molar-refractivity contribution is 5.81. The molecule has 0 spiro atoms. The van der Waals surface area contributed by atoms with Crippen molar-refractivity contribution in [1.29, 1.82) is 0 Å². The predicted octanol–water partition coefficient (Wildman–Crippen LogP) is 4.85. The van der Waals surface area contributed by atoms with Gasteiger partial charge in [-0.05, 0) is 57.9 Å². The van der Waals surface area contributed by atoms with Crippen LogP contribution >= 0.6 is 0 Å². The van der Waals surface area contributed by atoms with E-state index in [0.29, 0.717) is 26.1 Å². The van der Waals surface area contributed by atoms with Crippen LogP contribution in [-0.2, 0) is 11.3 Å². The van der Waals surface area contributed by atoms with E-state index in [2.05, 4.69) is 63.5 Å². The van der Waals surface area contributed by atoms with E-state index in [1.807, 2.05) is 23.1 Å². The van der Waals surface area contributed by atoms with Gasteiger partial charge in [0.25, 0.3) is 0 Å². The number of para-hydroxylation sites is 3. The minimum Gasteiger partial charge on any atom is -0.491 e. The first-order chi connectivity index (χ1) is 14.3. The molecule has 5 nitrogen and oxygen atoms in total. The normalized spacial score (nSPS) is 17.2. The zero-order chi connectivity index (χ0) is 21.5. The number of rotatable bonds is 5. The Morgan fingerprint density at radius 2 is 1.77 bits per heavy atom. The number of amides is 1. The molecule has 5 heteroatoms. The average Bonchev–Trinajstić information content (AvgIpc) is 3.25. The summed E-state index contributed by atoms with van der Waals surface area (Å²) in [6.07, 6.45) is 0.512. The quantitative estimate of drug-likeness (QED) is 0.610. The van der Waals surface area contributed by atoms with Crippen molar-refractivity contribution in [2.24, 2.45) is 0 Å². The Bertz CT molecular complexity index is 1060.